The summed E-state index contributed by atoms with van der Waals surface area (Å²) in [5.74, 6) is 1.54. The van der Waals surface area contributed by atoms with Gasteiger partial charge in [-0.2, -0.15) is 0 Å². The van der Waals surface area contributed by atoms with Gasteiger partial charge in [0.2, 0.25) is 0 Å². The molecule has 0 aliphatic rings. The van der Waals surface area contributed by atoms with E-state index in [0.29, 0.717) is 18.1 Å². The molecule has 1 aromatic heterocycles. The van der Waals surface area contributed by atoms with Crippen molar-refractivity contribution >= 4 is 5.71 Å². The van der Waals surface area contributed by atoms with E-state index in [-0.39, 0.29) is 0 Å². The van der Waals surface area contributed by atoms with Crippen LogP contribution in [0.15, 0.2) is 70.4 Å². The molecule has 0 saturated heterocycles. The van der Waals surface area contributed by atoms with E-state index in [1.807, 2.05) is 43.3 Å². The number of benzene rings is 2. The first-order valence-corrected chi connectivity index (χ1v) is 8.12. The zero-order chi connectivity index (χ0) is 17.6. The quantitative estimate of drug-likeness (QED) is 0.476. The molecule has 0 unspecified atom stereocenters. The lowest BCUT2D eigenvalue weighted by atomic mass is 10.0. The van der Waals surface area contributed by atoms with E-state index >= 15 is 0 Å². The van der Waals surface area contributed by atoms with Crippen LogP contribution in [0.3, 0.4) is 0 Å². The number of oxime groups is 1. The standard InChI is InChI=1S/C21H21NO3/c1-15-10-11-16(2)20(13-15)25-14-17-7-4-5-8-18(17)21(22-23-3)19-9-6-12-24-19/h4-13H,14H2,1-3H3. The fourth-order valence-corrected chi connectivity index (χ4v) is 2.63. The van der Waals surface area contributed by atoms with Crippen molar-refractivity contribution in [3.8, 4) is 5.75 Å². The Kier molecular flexibility index (Phi) is 5.19. The van der Waals surface area contributed by atoms with Gasteiger partial charge in [0.1, 0.15) is 19.5 Å². The molecular weight excluding hydrogens is 314 g/mol. The molecular formula is C21H21NO3. The minimum absolute atomic E-state index is 0.434. The highest BCUT2D eigenvalue weighted by Crippen LogP contribution is 2.22. The highest BCUT2D eigenvalue weighted by molar-refractivity contribution is 6.11. The van der Waals surface area contributed by atoms with Crippen LogP contribution < -0.4 is 4.74 Å². The molecule has 0 saturated carbocycles. The van der Waals surface area contributed by atoms with Gasteiger partial charge in [0, 0.05) is 5.56 Å². The first kappa shape index (κ1) is 16.8. The maximum atomic E-state index is 6.06. The third kappa shape index (κ3) is 3.91. The predicted octanol–water partition coefficient (Wildman–Crippen LogP) is 4.87. The first-order chi connectivity index (χ1) is 12.2. The van der Waals surface area contributed by atoms with Crippen LogP contribution in [0.25, 0.3) is 0 Å². The molecule has 25 heavy (non-hydrogen) atoms. The lowest BCUT2D eigenvalue weighted by Gasteiger charge is -2.13. The third-order valence-electron chi connectivity index (χ3n) is 3.94. The van der Waals surface area contributed by atoms with Gasteiger partial charge in [-0.05, 0) is 48.7 Å². The minimum Gasteiger partial charge on any atom is -0.489 e. The summed E-state index contributed by atoms with van der Waals surface area (Å²) in [6, 6.07) is 17.8. The average molecular weight is 335 g/mol. The number of furan rings is 1. The van der Waals surface area contributed by atoms with Gasteiger partial charge in [-0.15, -0.1) is 0 Å². The average Bonchev–Trinajstić information content (AvgIpc) is 3.15. The van der Waals surface area contributed by atoms with Gasteiger partial charge >= 0.3 is 0 Å². The molecule has 128 valence electrons. The topological polar surface area (TPSA) is 44.0 Å². The van der Waals surface area contributed by atoms with Crippen molar-refractivity contribution in [3.05, 3.63) is 88.9 Å². The molecule has 0 radical (unpaired) electrons. The number of hydrogen-bond acceptors (Lipinski definition) is 4. The summed E-state index contributed by atoms with van der Waals surface area (Å²) >= 11 is 0. The van der Waals surface area contributed by atoms with E-state index in [1.54, 1.807) is 6.26 Å². The Morgan fingerprint density at radius 1 is 1.04 bits per heavy atom. The highest BCUT2D eigenvalue weighted by Gasteiger charge is 2.15. The molecule has 0 aliphatic carbocycles. The SMILES string of the molecule is CON=C(c1ccco1)c1ccccc1COc1cc(C)ccc1C. The molecule has 0 atom stereocenters. The molecule has 1 heterocycles. The summed E-state index contributed by atoms with van der Waals surface area (Å²) in [4.78, 5) is 5.02. The summed E-state index contributed by atoms with van der Waals surface area (Å²) in [6.07, 6.45) is 1.62. The predicted molar refractivity (Wildman–Crippen MR) is 98.0 cm³/mol. The summed E-state index contributed by atoms with van der Waals surface area (Å²) in [6.45, 7) is 4.53. The lowest BCUT2D eigenvalue weighted by molar-refractivity contribution is 0.213. The fourth-order valence-electron chi connectivity index (χ4n) is 2.63. The van der Waals surface area contributed by atoms with Gasteiger partial charge in [-0.25, -0.2) is 0 Å². The van der Waals surface area contributed by atoms with Crippen LogP contribution in [0.5, 0.6) is 5.75 Å². The highest BCUT2D eigenvalue weighted by atomic mass is 16.6. The van der Waals surface area contributed by atoms with E-state index < -0.39 is 0 Å². The third-order valence-corrected chi connectivity index (χ3v) is 3.94. The zero-order valence-corrected chi connectivity index (χ0v) is 14.7. The molecule has 0 spiro atoms. The Hall–Kier alpha value is -3.01. The first-order valence-electron chi connectivity index (χ1n) is 8.12. The van der Waals surface area contributed by atoms with Crippen molar-refractivity contribution in [3.63, 3.8) is 0 Å². The molecule has 0 amide bonds. The van der Waals surface area contributed by atoms with Crippen molar-refractivity contribution in [2.45, 2.75) is 20.5 Å². The monoisotopic (exact) mass is 335 g/mol. The Bertz CT molecular complexity index is 867. The molecule has 2 aromatic carbocycles. The summed E-state index contributed by atoms with van der Waals surface area (Å²) in [5, 5.41) is 4.15. The Balaban J connectivity index is 1.90. The Morgan fingerprint density at radius 3 is 2.64 bits per heavy atom. The van der Waals surface area contributed by atoms with E-state index in [1.165, 1.54) is 12.7 Å². The van der Waals surface area contributed by atoms with Crippen LogP contribution in [0.2, 0.25) is 0 Å². The molecule has 0 aliphatic heterocycles. The molecule has 4 heteroatoms. The molecule has 4 nitrogen and oxygen atoms in total. The number of hydrogen-bond donors (Lipinski definition) is 0. The minimum atomic E-state index is 0.434. The van der Waals surface area contributed by atoms with Gasteiger partial charge < -0.3 is 14.0 Å². The van der Waals surface area contributed by atoms with E-state index in [0.717, 1.165) is 22.4 Å². The van der Waals surface area contributed by atoms with Gasteiger partial charge in [0.25, 0.3) is 0 Å². The van der Waals surface area contributed by atoms with Crippen molar-refractivity contribution in [2.75, 3.05) is 7.11 Å². The summed E-state index contributed by atoms with van der Waals surface area (Å²) < 4.78 is 11.6. The van der Waals surface area contributed by atoms with Crippen LogP contribution in [0, 0.1) is 13.8 Å². The second kappa shape index (κ2) is 7.71. The van der Waals surface area contributed by atoms with E-state index in [9.17, 15) is 0 Å². The van der Waals surface area contributed by atoms with Crippen LogP contribution >= 0.6 is 0 Å². The number of ether oxygens (including phenoxy) is 1. The van der Waals surface area contributed by atoms with Crippen LogP contribution in [-0.4, -0.2) is 12.8 Å². The molecule has 0 fully saturated rings. The zero-order valence-electron chi connectivity index (χ0n) is 14.7. The van der Waals surface area contributed by atoms with Gasteiger partial charge in [-0.3, -0.25) is 0 Å². The number of aryl methyl sites for hydroxylation is 2. The smallest absolute Gasteiger partial charge is 0.156 e. The number of nitrogens with zero attached hydrogens (tertiary/aromatic N) is 1. The lowest BCUT2D eigenvalue weighted by Crippen LogP contribution is -2.09. The molecule has 3 rings (SSSR count). The normalized spacial score (nSPS) is 11.4. The summed E-state index contributed by atoms with van der Waals surface area (Å²) in [7, 11) is 1.53. The van der Waals surface area contributed by atoms with Crippen molar-refractivity contribution in [1.29, 1.82) is 0 Å². The summed E-state index contributed by atoms with van der Waals surface area (Å²) in [5.41, 5.74) is 4.86. The second-order valence-electron chi connectivity index (χ2n) is 5.81. The van der Waals surface area contributed by atoms with Crippen molar-refractivity contribution in [2.24, 2.45) is 5.16 Å². The van der Waals surface area contributed by atoms with E-state index in [2.05, 4.69) is 30.3 Å². The van der Waals surface area contributed by atoms with Gasteiger partial charge in [0.05, 0.1) is 6.26 Å². The largest absolute Gasteiger partial charge is 0.489 e. The van der Waals surface area contributed by atoms with Crippen molar-refractivity contribution in [1.82, 2.24) is 0 Å². The maximum Gasteiger partial charge on any atom is 0.156 e. The molecule has 3 aromatic rings. The van der Waals surface area contributed by atoms with Gasteiger partial charge in [-0.1, -0.05) is 41.6 Å². The van der Waals surface area contributed by atoms with Crippen LogP contribution in [0.4, 0.5) is 0 Å². The fraction of sp³-hybridized carbons (Fsp3) is 0.190. The van der Waals surface area contributed by atoms with E-state index in [4.69, 9.17) is 14.0 Å². The van der Waals surface area contributed by atoms with Crippen LogP contribution in [0.1, 0.15) is 28.0 Å². The number of rotatable bonds is 6. The van der Waals surface area contributed by atoms with Gasteiger partial charge in [0.15, 0.2) is 11.5 Å². The molecule has 0 N–H and O–H groups in total. The molecule has 0 bridgehead atoms. The maximum absolute atomic E-state index is 6.06. The Morgan fingerprint density at radius 2 is 1.88 bits per heavy atom. The Labute approximate surface area is 147 Å². The van der Waals surface area contributed by atoms with Crippen LogP contribution in [-0.2, 0) is 11.4 Å². The second-order valence-corrected chi connectivity index (χ2v) is 5.81. The van der Waals surface area contributed by atoms with Crippen molar-refractivity contribution < 1.29 is 14.0 Å².